The van der Waals surface area contributed by atoms with Crippen molar-refractivity contribution in [1.29, 1.82) is 0 Å². The standard InChI is InChI=1S/C20H18BrClN2O4S2/c1-2-26-17-10-13(11-23-24-18(25)12-30-20(24)29)9-16(22)19(17)28-8-7-27-15-5-3-14(21)4-6-15/h3-6,9-11H,2,7-8,12H2,1H3/b23-11+. The summed E-state index contributed by atoms with van der Waals surface area (Å²) in [6.07, 6.45) is 1.52. The fourth-order valence-electron chi connectivity index (χ4n) is 2.48. The Morgan fingerprint density at radius 1 is 1.23 bits per heavy atom. The molecule has 1 fully saturated rings. The highest BCUT2D eigenvalue weighted by Gasteiger charge is 2.26. The number of halogens is 2. The van der Waals surface area contributed by atoms with Gasteiger partial charge in [0.2, 0.25) is 0 Å². The SMILES string of the molecule is CCOc1cc(/C=N/N2C(=O)CSC2=S)cc(Cl)c1OCCOc1ccc(Br)cc1. The van der Waals surface area contributed by atoms with E-state index in [0.29, 0.717) is 45.4 Å². The Kier molecular flexibility index (Phi) is 8.38. The normalized spacial score (nSPS) is 13.9. The number of thioether (sulfide) groups is 1. The summed E-state index contributed by atoms with van der Waals surface area (Å²) in [5.41, 5.74) is 0.661. The molecule has 0 atom stereocenters. The molecule has 0 aliphatic carbocycles. The highest BCUT2D eigenvalue weighted by atomic mass is 79.9. The predicted molar refractivity (Wildman–Crippen MR) is 127 cm³/mol. The van der Waals surface area contributed by atoms with Crippen molar-refractivity contribution in [2.75, 3.05) is 25.6 Å². The summed E-state index contributed by atoms with van der Waals surface area (Å²) in [6.45, 7) is 2.94. The van der Waals surface area contributed by atoms with Crippen LogP contribution in [0, 0.1) is 0 Å². The van der Waals surface area contributed by atoms with Crippen LogP contribution in [0.2, 0.25) is 5.02 Å². The summed E-state index contributed by atoms with van der Waals surface area (Å²) in [7, 11) is 0. The van der Waals surface area contributed by atoms with Crippen LogP contribution in [-0.4, -0.2) is 47.0 Å². The molecule has 0 bridgehead atoms. The molecule has 1 aliphatic heterocycles. The van der Waals surface area contributed by atoms with Gasteiger partial charge in [0.1, 0.15) is 19.0 Å². The van der Waals surface area contributed by atoms with Crippen LogP contribution >= 0.6 is 51.5 Å². The number of ether oxygens (including phenoxy) is 3. The van der Waals surface area contributed by atoms with Crippen molar-refractivity contribution in [2.24, 2.45) is 5.10 Å². The van der Waals surface area contributed by atoms with E-state index in [1.54, 1.807) is 12.1 Å². The quantitative estimate of drug-likeness (QED) is 0.254. The third-order valence-corrected chi connectivity index (χ3v) is 5.94. The minimum absolute atomic E-state index is 0.150. The summed E-state index contributed by atoms with van der Waals surface area (Å²) < 4.78 is 18.6. The summed E-state index contributed by atoms with van der Waals surface area (Å²) >= 11 is 16.2. The lowest BCUT2D eigenvalue weighted by Crippen LogP contribution is -2.22. The smallest absolute Gasteiger partial charge is 0.259 e. The number of rotatable bonds is 9. The maximum Gasteiger partial charge on any atom is 0.259 e. The van der Waals surface area contributed by atoms with Crippen LogP contribution in [0.15, 0.2) is 46.0 Å². The van der Waals surface area contributed by atoms with Crippen LogP contribution in [0.3, 0.4) is 0 Å². The first kappa shape index (κ1) is 22.9. The molecule has 30 heavy (non-hydrogen) atoms. The van der Waals surface area contributed by atoms with Crippen LogP contribution < -0.4 is 14.2 Å². The molecular weight excluding hydrogens is 512 g/mol. The number of hydrazone groups is 1. The number of hydrogen-bond donors (Lipinski definition) is 0. The average Bonchev–Trinajstić information content (AvgIpc) is 3.04. The Balaban J connectivity index is 1.66. The van der Waals surface area contributed by atoms with Gasteiger partial charge in [0.05, 0.1) is 23.6 Å². The third kappa shape index (κ3) is 6.10. The molecule has 2 aromatic carbocycles. The molecule has 0 spiro atoms. The fraction of sp³-hybridized carbons (Fsp3) is 0.250. The molecule has 10 heteroatoms. The van der Waals surface area contributed by atoms with Gasteiger partial charge < -0.3 is 14.2 Å². The van der Waals surface area contributed by atoms with Crippen molar-refractivity contribution in [3.63, 3.8) is 0 Å². The van der Waals surface area contributed by atoms with Crippen LogP contribution in [0.25, 0.3) is 0 Å². The zero-order valence-corrected chi connectivity index (χ0v) is 19.9. The van der Waals surface area contributed by atoms with Gasteiger partial charge in [-0.25, -0.2) is 0 Å². The van der Waals surface area contributed by atoms with E-state index in [2.05, 4.69) is 21.0 Å². The first-order valence-corrected chi connectivity index (χ1v) is 11.6. The first-order valence-electron chi connectivity index (χ1n) is 8.99. The lowest BCUT2D eigenvalue weighted by atomic mass is 10.2. The van der Waals surface area contributed by atoms with E-state index in [0.717, 1.165) is 10.2 Å². The lowest BCUT2D eigenvalue weighted by Gasteiger charge is -2.15. The van der Waals surface area contributed by atoms with E-state index in [1.807, 2.05) is 31.2 Å². The van der Waals surface area contributed by atoms with E-state index in [1.165, 1.54) is 23.0 Å². The molecule has 0 radical (unpaired) electrons. The molecule has 158 valence electrons. The van der Waals surface area contributed by atoms with Gasteiger partial charge in [-0.05, 0) is 48.9 Å². The van der Waals surface area contributed by atoms with Gasteiger partial charge in [-0.1, -0.05) is 51.5 Å². The zero-order chi connectivity index (χ0) is 21.5. The summed E-state index contributed by atoms with van der Waals surface area (Å²) in [5, 5.41) is 5.74. The Morgan fingerprint density at radius 2 is 1.97 bits per heavy atom. The Labute approximate surface area is 197 Å². The molecule has 0 unspecified atom stereocenters. The summed E-state index contributed by atoms with van der Waals surface area (Å²) in [6, 6.07) is 11.0. The maximum atomic E-state index is 11.8. The van der Waals surface area contributed by atoms with E-state index < -0.39 is 0 Å². The Bertz CT molecular complexity index is 941. The molecule has 2 aromatic rings. The number of hydrogen-bond acceptors (Lipinski definition) is 7. The second-order valence-corrected chi connectivity index (χ2v) is 8.85. The van der Waals surface area contributed by atoms with Gasteiger partial charge in [0.25, 0.3) is 5.91 Å². The van der Waals surface area contributed by atoms with Gasteiger partial charge in [-0.2, -0.15) is 10.1 Å². The monoisotopic (exact) mass is 528 g/mol. The molecule has 1 saturated heterocycles. The van der Waals surface area contributed by atoms with Crippen molar-refractivity contribution < 1.29 is 19.0 Å². The lowest BCUT2D eigenvalue weighted by molar-refractivity contribution is -0.123. The van der Waals surface area contributed by atoms with Gasteiger partial charge in [-0.15, -0.1) is 0 Å². The van der Waals surface area contributed by atoms with Gasteiger partial charge in [0, 0.05) is 4.47 Å². The summed E-state index contributed by atoms with van der Waals surface area (Å²) in [5.74, 6) is 1.81. The molecule has 6 nitrogen and oxygen atoms in total. The van der Waals surface area contributed by atoms with E-state index in [9.17, 15) is 4.79 Å². The zero-order valence-electron chi connectivity index (χ0n) is 16.0. The second-order valence-electron chi connectivity index (χ2n) is 5.92. The summed E-state index contributed by atoms with van der Waals surface area (Å²) in [4.78, 5) is 11.8. The molecule has 0 aromatic heterocycles. The van der Waals surface area contributed by atoms with Gasteiger partial charge in [0.15, 0.2) is 15.8 Å². The molecule has 0 N–H and O–H groups in total. The molecule has 3 rings (SSSR count). The number of nitrogens with zero attached hydrogens (tertiary/aromatic N) is 2. The van der Waals surface area contributed by atoms with Crippen LogP contribution in [0.4, 0.5) is 0 Å². The van der Waals surface area contributed by atoms with Gasteiger partial charge >= 0.3 is 0 Å². The van der Waals surface area contributed by atoms with Crippen LogP contribution in [-0.2, 0) is 4.79 Å². The molecule has 1 heterocycles. The Morgan fingerprint density at radius 3 is 2.63 bits per heavy atom. The van der Waals surface area contributed by atoms with E-state index in [-0.39, 0.29) is 12.5 Å². The van der Waals surface area contributed by atoms with Crippen LogP contribution in [0.5, 0.6) is 17.2 Å². The Hall–Kier alpha value is -1.81. The topological polar surface area (TPSA) is 60.4 Å². The van der Waals surface area contributed by atoms with Crippen molar-refractivity contribution in [3.05, 3.63) is 51.5 Å². The van der Waals surface area contributed by atoms with E-state index in [4.69, 9.17) is 38.0 Å². The number of carbonyl (C=O) groups is 1. The predicted octanol–water partition coefficient (Wildman–Crippen LogP) is 5.15. The fourth-order valence-corrected chi connectivity index (χ4v) is 3.99. The number of carbonyl (C=O) groups excluding carboxylic acids is 1. The van der Waals surface area contributed by atoms with Crippen LogP contribution in [0.1, 0.15) is 12.5 Å². The highest BCUT2D eigenvalue weighted by molar-refractivity contribution is 9.10. The largest absolute Gasteiger partial charge is 0.490 e. The molecule has 0 saturated carbocycles. The minimum atomic E-state index is -0.150. The van der Waals surface area contributed by atoms with Crippen molar-refractivity contribution in [1.82, 2.24) is 5.01 Å². The average molecular weight is 530 g/mol. The van der Waals surface area contributed by atoms with Gasteiger partial charge in [-0.3, -0.25) is 4.79 Å². The van der Waals surface area contributed by atoms with Crippen molar-refractivity contribution in [3.8, 4) is 17.2 Å². The minimum Gasteiger partial charge on any atom is -0.490 e. The third-order valence-electron chi connectivity index (χ3n) is 3.79. The maximum absolute atomic E-state index is 11.8. The number of amides is 1. The number of thiocarbonyl (C=S) groups is 1. The van der Waals surface area contributed by atoms with E-state index >= 15 is 0 Å². The molecule has 1 aliphatic rings. The second kappa shape index (κ2) is 11.0. The molecular formula is C20H18BrClN2O4S2. The van der Waals surface area contributed by atoms with Crippen molar-refractivity contribution >= 4 is 68.0 Å². The number of benzene rings is 2. The molecule has 1 amide bonds. The highest BCUT2D eigenvalue weighted by Crippen LogP contribution is 2.36. The van der Waals surface area contributed by atoms with Crippen molar-refractivity contribution in [2.45, 2.75) is 6.92 Å². The first-order chi connectivity index (χ1) is 14.5.